The van der Waals surface area contributed by atoms with Gasteiger partial charge < -0.3 is 5.73 Å². The summed E-state index contributed by atoms with van der Waals surface area (Å²) in [7, 11) is 0. The summed E-state index contributed by atoms with van der Waals surface area (Å²) in [6.07, 6.45) is 3.46. The van der Waals surface area contributed by atoms with Crippen LogP contribution in [-0.2, 0) is 0 Å². The van der Waals surface area contributed by atoms with Crippen LogP contribution < -0.4 is 5.73 Å². The standard InChI is InChI=1S/C9H9ClN4/c1-6-5-14(13-8(6)11)9-7(10)3-2-4-12-9/h2-5H,1H3,(H2,11,13). The highest BCUT2D eigenvalue weighted by molar-refractivity contribution is 6.32. The maximum Gasteiger partial charge on any atom is 0.172 e. The number of halogens is 1. The number of hydrogen-bond acceptors (Lipinski definition) is 3. The van der Waals surface area contributed by atoms with Crippen molar-refractivity contribution < 1.29 is 0 Å². The first-order chi connectivity index (χ1) is 6.68. The van der Waals surface area contributed by atoms with Gasteiger partial charge in [0.25, 0.3) is 0 Å². The first kappa shape index (κ1) is 9.02. The highest BCUT2D eigenvalue weighted by Gasteiger charge is 2.06. The lowest BCUT2D eigenvalue weighted by Gasteiger charge is -2.00. The maximum absolute atomic E-state index is 5.96. The number of nitrogens with zero attached hydrogens (tertiary/aromatic N) is 3. The molecular weight excluding hydrogens is 200 g/mol. The number of pyridine rings is 1. The number of hydrogen-bond donors (Lipinski definition) is 1. The quantitative estimate of drug-likeness (QED) is 0.778. The second-order valence-electron chi connectivity index (χ2n) is 2.95. The summed E-state index contributed by atoms with van der Waals surface area (Å²) in [5, 5.41) is 4.64. The Morgan fingerprint density at radius 2 is 2.29 bits per heavy atom. The fourth-order valence-corrected chi connectivity index (χ4v) is 1.34. The first-order valence-corrected chi connectivity index (χ1v) is 4.49. The van der Waals surface area contributed by atoms with Crippen LogP contribution in [0.3, 0.4) is 0 Å². The van der Waals surface area contributed by atoms with Crippen LogP contribution in [0.25, 0.3) is 5.82 Å². The summed E-state index contributed by atoms with van der Waals surface area (Å²) in [4.78, 5) is 4.12. The Balaban J connectivity index is 2.55. The lowest BCUT2D eigenvalue weighted by Crippen LogP contribution is -1.99. The predicted octanol–water partition coefficient (Wildman–Crippen LogP) is 1.81. The van der Waals surface area contributed by atoms with Crippen molar-refractivity contribution in [3.63, 3.8) is 0 Å². The Labute approximate surface area is 86.3 Å². The van der Waals surface area contributed by atoms with Gasteiger partial charge in [-0.25, -0.2) is 9.67 Å². The number of anilines is 1. The van der Waals surface area contributed by atoms with Crippen LogP contribution in [0.2, 0.25) is 5.02 Å². The minimum absolute atomic E-state index is 0.492. The van der Waals surface area contributed by atoms with Gasteiger partial charge in [0.05, 0.1) is 5.02 Å². The van der Waals surface area contributed by atoms with E-state index < -0.39 is 0 Å². The van der Waals surface area contributed by atoms with Crippen LogP contribution >= 0.6 is 11.6 Å². The lowest BCUT2D eigenvalue weighted by atomic mass is 10.4. The molecule has 72 valence electrons. The van der Waals surface area contributed by atoms with E-state index in [-0.39, 0.29) is 0 Å². The smallest absolute Gasteiger partial charge is 0.172 e. The number of nitrogens with two attached hydrogens (primary N) is 1. The monoisotopic (exact) mass is 208 g/mol. The molecule has 0 amide bonds. The predicted molar refractivity (Wildman–Crippen MR) is 55.5 cm³/mol. The molecule has 0 saturated carbocycles. The third kappa shape index (κ3) is 1.44. The molecule has 2 aromatic rings. The van der Waals surface area contributed by atoms with Gasteiger partial charge in [0.15, 0.2) is 5.82 Å². The van der Waals surface area contributed by atoms with Crippen LogP contribution in [0.4, 0.5) is 5.82 Å². The summed E-state index contributed by atoms with van der Waals surface area (Å²) in [5.74, 6) is 1.08. The number of aryl methyl sites for hydroxylation is 1. The van der Waals surface area contributed by atoms with Crippen molar-refractivity contribution >= 4 is 17.4 Å². The Morgan fingerprint density at radius 1 is 1.50 bits per heavy atom. The minimum atomic E-state index is 0.492. The van der Waals surface area contributed by atoms with Crippen molar-refractivity contribution in [3.8, 4) is 5.82 Å². The average molecular weight is 209 g/mol. The van der Waals surface area contributed by atoms with Crippen molar-refractivity contribution in [2.45, 2.75) is 6.92 Å². The van der Waals surface area contributed by atoms with Crippen LogP contribution in [0.15, 0.2) is 24.5 Å². The van der Waals surface area contributed by atoms with Crippen LogP contribution in [0.1, 0.15) is 5.56 Å². The average Bonchev–Trinajstić information content (AvgIpc) is 2.48. The second-order valence-corrected chi connectivity index (χ2v) is 3.36. The Morgan fingerprint density at radius 3 is 2.86 bits per heavy atom. The van der Waals surface area contributed by atoms with Crippen molar-refractivity contribution in [2.75, 3.05) is 5.73 Å². The molecule has 2 aromatic heterocycles. The zero-order chi connectivity index (χ0) is 10.1. The van der Waals surface area contributed by atoms with E-state index in [1.165, 1.54) is 0 Å². The zero-order valence-corrected chi connectivity index (χ0v) is 8.36. The molecule has 0 bridgehead atoms. The molecule has 14 heavy (non-hydrogen) atoms. The summed E-state index contributed by atoms with van der Waals surface area (Å²) < 4.78 is 1.58. The van der Waals surface area contributed by atoms with Crippen molar-refractivity contribution in [1.82, 2.24) is 14.8 Å². The van der Waals surface area contributed by atoms with Crippen molar-refractivity contribution in [2.24, 2.45) is 0 Å². The van der Waals surface area contributed by atoms with Crippen LogP contribution in [0.5, 0.6) is 0 Å². The normalized spacial score (nSPS) is 10.4. The summed E-state index contributed by atoms with van der Waals surface area (Å²) in [6.45, 7) is 1.88. The van der Waals surface area contributed by atoms with Gasteiger partial charge in [-0.3, -0.25) is 0 Å². The van der Waals surface area contributed by atoms with Gasteiger partial charge in [0.2, 0.25) is 0 Å². The molecule has 0 unspecified atom stereocenters. The van der Waals surface area contributed by atoms with Crippen LogP contribution in [-0.4, -0.2) is 14.8 Å². The molecule has 0 fully saturated rings. The first-order valence-electron chi connectivity index (χ1n) is 4.11. The molecule has 0 atom stereocenters. The van der Waals surface area contributed by atoms with Gasteiger partial charge >= 0.3 is 0 Å². The number of rotatable bonds is 1. The van der Waals surface area contributed by atoms with E-state index in [1.54, 1.807) is 29.2 Å². The molecule has 4 nitrogen and oxygen atoms in total. The highest BCUT2D eigenvalue weighted by Crippen LogP contribution is 2.18. The van der Waals surface area contributed by atoms with E-state index in [1.807, 2.05) is 6.92 Å². The molecule has 0 aliphatic carbocycles. The Hall–Kier alpha value is -1.55. The Kier molecular flexibility index (Phi) is 2.13. The molecular formula is C9H9ClN4. The topological polar surface area (TPSA) is 56.7 Å². The second kappa shape index (κ2) is 3.31. The van der Waals surface area contributed by atoms with E-state index >= 15 is 0 Å². The van der Waals surface area contributed by atoms with E-state index in [9.17, 15) is 0 Å². The van der Waals surface area contributed by atoms with Gasteiger partial charge in [-0.05, 0) is 19.1 Å². The van der Waals surface area contributed by atoms with E-state index in [2.05, 4.69) is 10.1 Å². The molecule has 0 spiro atoms. The van der Waals surface area contributed by atoms with Crippen molar-refractivity contribution in [1.29, 1.82) is 0 Å². The van der Waals surface area contributed by atoms with Gasteiger partial charge in [-0.1, -0.05) is 11.6 Å². The fourth-order valence-electron chi connectivity index (χ4n) is 1.13. The number of nitrogen functional groups attached to an aromatic ring is 1. The number of aromatic nitrogens is 3. The van der Waals surface area contributed by atoms with Gasteiger partial charge in [0, 0.05) is 18.0 Å². The molecule has 0 saturated heterocycles. The largest absolute Gasteiger partial charge is 0.382 e. The Bertz CT molecular complexity index is 444. The minimum Gasteiger partial charge on any atom is -0.382 e. The molecule has 2 rings (SSSR count). The van der Waals surface area contributed by atoms with Crippen molar-refractivity contribution in [3.05, 3.63) is 35.1 Å². The van der Waals surface area contributed by atoms with Crippen LogP contribution in [0, 0.1) is 6.92 Å². The fraction of sp³-hybridized carbons (Fsp3) is 0.111. The van der Waals surface area contributed by atoms with E-state index in [4.69, 9.17) is 17.3 Å². The molecule has 0 aliphatic rings. The summed E-state index contributed by atoms with van der Waals surface area (Å²) >= 11 is 5.96. The molecule has 0 aromatic carbocycles. The summed E-state index contributed by atoms with van der Waals surface area (Å²) in [5.41, 5.74) is 6.53. The molecule has 2 N–H and O–H groups in total. The van der Waals surface area contributed by atoms with E-state index in [0.29, 0.717) is 16.7 Å². The van der Waals surface area contributed by atoms with Gasteiger partial charge in [-0.2, -0.15) is 0 Å². The summed E-state index contributed by atoms with van der Waals surface area (Å²) in [6, 6.07) is 3.53. The van der Waals surface area contributed by atoms with Gasteiger partial charge in [-0.15, -0.1) is 5.10 Å². The maximum atomic E-state index is 5.96. The molecule has 0 aliphatic heterocycles. The third-order valence-electron chi connectivity index (χ3n) is 1.89. The molecule has 2 heterocycles. The lowest BCUT2D eigenvalue weighted by molar-refractivity contribution is 0.851. The SMILES string of the molecule is Cc1cn(-c2ncccc2Cl)nc1N. The molecule has 0 radical (unpaired) electrons. The third-order valence-corrected chi connectivity index (χ3v) is 2.19. The zero-order valence-electron chi connectivity index (χ0n) is 7.61. The van der Waals surface area contributed by atoms with E-state index in [0.717, 1.165) is 5.56 Å². The molecule has 5 heteroatoms. The van der Waals surface area contributed by atoms with Gasteiger partial charge in [0.1, 0.15) is 5.82 Å². The highest BCUT2D eigenvalue weighted by atomic mass is 35.5.